The topological polar surface area (TPSA) is 44.8 Å². The molecule has 2 fully saturated rings. The summed E-state index contributed by atoms with van der Waals surface area (Å²) in [6, 6.07) is 7.64. The molecule has 0 radical (unpaired) electrons. The van der Waals surface area contributed by atoms with Gasteiger partial charge in [-0.3, -0.25) is 4.79 Å². The van der Waals surface area contributed by atoms with Crippen molar-refractivity contribution in [2.24, 2.45) is 11.8 Å². The van der Waals surface area contributed by atoms with Crippen LogP contribution >= 0.6 is 0 Å². The van der Waals surface area contributed by atoms with Gasteiger partial charge in [0.25, 0.3) is 5.91 Å². The molecular weight excluding hydrogens is 302 g/mol. The molecule has 2 atom stereocenters. The predicted molar refractivity (Wildman–Crippen MR) is 95.5 cm³/mol. The van der Waals surface area contributed by atoms with E-state index in [2.05, 4.69) is 10.2 Å². The molecule has 1 aromatic carbocycles. The molecule has 2 heterocycles. The fourth-order valence-corrected chi connectivity index (χ4v) is 3.70. The number of rotatable bonds is 5. The van der Waals surface area contributed by atoms with E-state index >= 15 is 0 Å². The first-order valence-electron chi connectivity index (χ1n) is 9.01. The first-order valence-corrected chi connectivity index (χ1v) is 9.01. The highest BCUT2D eigenvalue weighted by molar-refractivity contribution is 5.97. The standard InChI is InChI=1S/C19H29N3O2/c1-21(2)11-12-24-18-6-4-3-5-17(18)19(23)22-9-7-15-13-20-14-16(15)8-10-22/h3-6,15-16,20H,7-14H2,1-2H3/t15-,16+. The van der Waals surface area contributed by atoms with Gasteiger partial charge in [0.2, 0.25) is 0 Å². The van der Waals surface area contributed by atoms with Crippen molar-refractivity contribution in [1.82, 2.24) is 15.1 Å². The van der Waals surface area contributed by atoms with Crippen molar-refractivity contribution >= 4 is 5.91 Å². The van der Waals surface area contributed by atoms with Gasteiger partial charge in [-0.05, 0) is 64.0 Å². The summed E-state index contributed by atoms with van der Waals surface area (Å²) in [6.07, 6.45) is 2.21. The van der Waals surface area contributed by atoms with Crippen molar-refractivity contribution < 1.29 is 9.53 Å². The van der Waals surface area contributed by atoms with Crippen molar-refractivity contribution in [3.8, 4) is 5.75 Å². The second-order valence-corrected chi connectivity index (χ2v) is 7.20. The number of nitrogens with zero attached hydrogens (tertiary/aromatic N) is 2. The van der Waals surface area contributed by atoms with Gasteiger partial charge in [0.1, 0.15) is 12.4 Å². The van der Waals surface area contributed by atoms with E-state index in [1.54, 1.807) is 0 Å². The molecule has 0 aliphatic carbocycles. The minimum atomic E-state index is 0.114. The Hall–Kier alpha value is -1.59. The van der Waals surface area contributed by atoms with E-state index in [1.165, 1.54) is 0 Å². The number of nitrogens with one attached hydrogen (secondary N) is 1. The van der Waals surface area contributed by atoms with Gasteiger partial charge in [-0.1, -0.05) is 12.1 Å². The quantitative estimate of drug-likeness (QED) is 0.892. The van der Waals surface area contributed by atoms with Crippen LogP contribution in [0.1, 0.15) is 23.2 Å². The lowest BCUT2D eigenvalue weighted by Crippen LogP contribution is -2.33. The van der Waals surface area contributed by atoms with Crippen molar-refractivity contribution in [2.75, 3.05) is 53.4 Å². The Kier molecular flexibility index (Phi) is 5.74. The predicted octanol–water partition coefficient (Wildman–Crippen LogP) is 1.70. The number of carbonyl (C=O) groups excluding carboxylic acids is 1. The molecule has 24 heavy (non-hydrogen) atoms. The minimum absolute atomic E-state index is 0.114. The van der Waals surface area contributed by atoms with Gasteiger partial charge in [0.15, 0.2) is 0 Å². The SMILES string of the molecule is CN(C)CCOc1ccccc1C(=O)N1CC[C@@H]2CNC[C@@H]2CC1. The Morgan fingerprint density at radius 1 is 1.21 bits per heavy atom. The molecule has 132 valence electrons. The summed E-state index contributed by atoms with van der Waals surface area (Å²) in [5, 5.41) is 3.48. The number of likely N-dealkylation sites (N-methyl/N-ethyl adjacent to an activating group) is 1. The second-order valence-electron chi connectivity index (χ2n) is 7.20. The van der Waals surface area contributed by atoms with Gasteiger partial charge in [0.05, 0.1) is 5.56 Å². The van der Waals surface area contributed by atoms with E-state index < -0.39 is 0 Å². The van der Waals surface area contributed by atoms with Crippen LogP contribution in [0.25, 0.3) is 0 Å². The number of hydrogen-bond donors (Lipinski definition) is 1. The van der Waals surface area contributed by atoms with Crippen LogP contribution in [0.5, 0.6) is 5.75 Å². The number of hydrogen-bond acceptors (Lipinski definition) is 4. The number of fused-ring (bicyclic) bond motifs is 1. The monoisotopic (exact) mass is 331 g/mol. The Balaban J connectivity index is 1.66. The van der Waals surface area contributed by atoms with Gasteiger partial charge >= 0.3 is 0 Å². The zero-order valence-corrected chi connectivity index (χ0v) is 14.8. The fourth-order valence-electron chi connectivity index (χ4n) is 3.70. The van der Waals surface area contributed by atoms with Gasteiger partial charge in [-0.15, -0.1) is 0 Å². The summed E-state index contributed by atoms with van der Waals surface area (Å²) in [6.45, 7) is 5.35. The van der Waals surface area contributed by atoms with Crippen LogP contribution in [0.15, 0.2) is 24.3 Å². The van der Waals surface area contributed by atoms with Gasteiger partial charge in [-0.2, -0.15) is 0 Å². The molecule has 0 aromatic heterocycles. The fraction of sp³-hybridized carbons (Fsp3) is 0.632. The second kappa shape index (κ2) is 7.99. The molecule has 3 rings (SSSR count). The van der Waals surface area contributed by atoms with Crippen LogP contribution in [0.2, 0.25) is 0 Å². The molecule has 0 bridgehead atoms. The summed E-state index contributed by atoms with van der Waals surface area (Å²) >= 11 is 0. The van der Waals surface area contributed by atoms with E-state index in [0.29, 0.717) is 17.9 Å². The highest BCUT2D eigenvalue weighted by atomic mass is 16.5. The molecular formula is C19H29N3O2. The summed E-state index contributed by atoms with van der Waals surface area (Å²) in [7, 11) is 4.03. The smallest absolute Gasteiger partial charge is 0.257 e. The number of para-hydroxylation sites is 1. The molecule has 2 aliphatic heterocycles. The van der Waals surface area contributed by atoms with Crippen molar-refractivity contribution in [3.63, 3.8) is 0 Å². The van der Waals surface area contributed by atoms with Gasteiger partial charge in [-0.25, -0.2) is 0 Å². The lowest BCUT2D eigenvalue weighted by Gasteiger charge is -2.22. The summed E-state index contributed by atoms with van der Waals surface area (Å²) in [4.78, 5) is 17.1. The van der Waals surface area contributed by atoms with E-state index in [0.717, 1.165) is 57.4 Å². The molecule has 2 aliphatic rings. The van der Waals surface area contributed by atoms with Crippen LogP contribution < -0.4 is 10.1 Å². The summed E-state index contributed by atoms with van der Waals surface area (Å²) in [5.74, 6) is 2.28. The number of ether oxygens (including phenoxy) is 1. The number of benzene rings is 1. The third kappa shape index (κ3) is 4.08. The van der Waals surface area contributed by atoms with E-state index in [9.17, 15) is 4.79 Å². The molecule has 1 amide bonds. The van der Waals surface area contributed by atoms with E-state index in [1.807, 2.05) is 43.3 Å². The molecule has 0 saturated carbocycles. The largest absolute Gasteiger partial charge is 0.491 e. The Morgan fingerprint density at radius 2 is 1.88 bits per heavy atom. The Morgan fingerprint density at radius 3 is 2.54 bits per heavy atom. The number of likely N-dealkylation sites (tertiary alicyclic amines) is 1. The molecule has 5 heteroatoms. The van der Waals surface area contributed by atoms with Crippen LogP contribution in [-0.2, 0) is 0 Å². The van der Waals surface area contributed by atoms with Crippen molar-refractivity contribution in [2.45, 2.75) is 12.8 Å². The van der Waals surface area contributed by atoms with Crippen LogP contribution in [-0.4, -0.2) is 69.1 Å². The number of carbonyl (C=O) groups is 1. The lowest BCUT2D eigenvalue weighted by molar-refractivity contribution is 0.0753. The maximum atomic E-state index is 13.0. The highest BCUT2D eigenvalue weighted by Gasteiger charge is 2.32. The molecule has 2 saturated heterocycles. The molecule has 1 N–H and O–H groups in total. The van der Waals surface area contributed by atoms with Crippen molar-refractivity contribution in [3.05, 3.63) is 29.8 Å². The normalized spacial score (nSPS) is 23.9. The number of amides is 1. The van der Waals surface area contributed by atoms with Crippen LogP contribution in [0.3, 0.4) is 0 Å². The molecule has 5 nitrogen and oxygen atoms in total. The van der Waals surface area contributed by atoms with E-state index in [4.69, 9.17) is 4.74 Å². The lowest BCUT2D eigenvalue weighted by atomic mass is 9.92. The van der Waals surface area contributed by atoms with Crippen LogP contribution in [0.4, 0.5) is 0 Å². The minimum Gasteiger partial charge on any atom is -0.491 e. The molecule has 0 unspecified atom stereocenters. The van der Waals surface area contributed by atoms with Crippen LogP contribution in [0, 0.1) is 11.8 Å². The third-order valence-corrected chi connectivity index (χ3v) is 5.22. The molecule has 0 spiro atoms. The summed E-state index contributed by atoms with van der Waals surface area (Å²) < 4.78 is 5.87. The highest BCUT2D eigenvalue weighted by Crippen LogP contribution is 2.28. The van der Waals surface area contributed by atoms with Gasteiger partial charge in [0, 0.05) is 19.6 Å². The molecule has 1 aromatic rings. The maximum Gasteiger partial charge on any atom is 0.257 e. The third-order valence-electron chi connectivity index (χ3n) is 5.22. The zero-order chi connectivity index (χ0) is 16.9. The first-order chi connectivity index (χ1) is 11.6. The summed E-state index contributed by atoms with van der Waals surface area (Å²) in [5.41, 5.74) is 0.696. The zero-order valence-electron chi connectivity index (χ0n) is 14.8. The average Bonchev–Trinajstić information content (AvgIpc) is 2.93. The first kappa shape index (κ1) is 17.2. The van der Waals surface area contributed by atoms with Gasteiger partial charge < -0.3 is 19.9 Å². The Bertz CT molecular complexity index is 547. The maximum absolute atomic E-state index is 13.0. The van der Waals surface area contributed by atoms with Crippen molar-refractivity contribution in [1.29, 1.82) is 0 Å². The average molecular weight is 331 g/mol. The van der Waals surface area contributed by atoms with E-state index in [-0.39, 0.29) is 5.91 Å². The Labute approximate surface area is 145 Å².